The van der Waals surface area contributed by atoms with Crippen LogP contribution in [0.3, 0.4) is 0 Å². The number of carbonyl (C=O) groups excluding carboxylic acids is 1. The highest BCUT2D eigenvalue weighted by Crippen LogP contribution is 2.12. The molecule has 4 heteroatoms. The van der Waals surface area contributed by atoms with Crippen molar-refractivity contribution in [2.75, 3.05) is 13.1 Å². The zero-order valence-electron chi connectivity index (χ0n) is 7.71. The monoisotopic (exact) mass is 179 g/mol. The number of aromatic nitrogens is 2. The minimum atomic E-state index is 0.0660. The van der Waals surface area contributed by atoms with E-state index in [1.54, 1.807) is 6.33 Å². The van der Waals surface area contributed by atoms with Gasteiger partial charge in [-0.2, -0.15) is 0 Å². The van der Waals surface area contributed by atoms with Crippen molar-refractivity contribution in [1.29, 1.82) is 0 Å². The summed E-state index contributed by atoms with van der Waals surface area (Å²) >= 11 is 0. The maximum Gasteiger partial charge on any atom is 0.274 e. The molecule has 1 aromatic rings. The van der Waals surface area contributed by atoms with Crippen molar-refractivity contribution in [1.82, 2.24) is 14.9 Å². The molecule has 1 aliphatic rings. The Kier molecular flexibility index (Phi) is 2.04. The molecule has 1 aliphatic heterocycles. The van der Waals surface area contributed by atoms with Crippen LogP contribution in [-0.2, 0) is 0 Å². The van der Waals surface area contributed by atoms with E-state index in [-0.39, 0.29) is 5.91 Å². The highest BCUT2D eigenvalue weighted by Gasteiger charge is 2.22. The normalized spacial score (nSPS) is 16.5. The predicted octanol–water partition coefficient (Wildman–Crippen LogP) is 0.954. The molecule has 0 aromatic carbocycles. The number of hydrogen-bond donors (Lipinski definition) is 1. The molecule has 2 rings (SSSR count). The molecule has 1 saturated heterocycles. The molecule has 1 N–H and O–H groups in total. The Labute approximate surface area is 77.0 Å². The van der Waals surface area contributed by atoms with E-state index in [4.69, 9.17) is 0 Å². The van der Waals surface area contributed by atoms with Crippen LogP contribution in [-0.4, -0.2) is 33.9 Å². The van der Waals surface area contributed by atoms with Crippen molar-refractivity contribution in [2.45, 2.75) is 19.8 Å². The first-order valence-electron chi connectivity index (χ1n) is 4.58. The van der Waals surface area contributed by atoms with E-state index in [2.05, 4.69) is 9.97 Å². The molecule has 0 saturated carbocycles. The highest BCUT2D eigenvalue weighted by atomic mass is 16.2. The summed E-state index contributed by atoms with van der Waals surface area (Å²) in [7, 11) is 0. The van der Waals surface area contributed by atoms with Crippen molar-refractivity contribution >= 4 is 5.91 Å². The van der Waals surface area contributed by atoms with Crippen molar-refractivity contribution in [3.8, 4) is 0 Å². The maximum absolute atomic E-state index is 11.8. The van der Waals surface area contributed by atoms with E-state index < -0.39 is 0 Å². The Morgan fingerprint density at radius 2 is 2.23 bits per heavy atom. The number of hydrogen-bond acceptors (Lipinski definition) is 2. The smallest absolute Gasteiger partial charge is 0.274 e. The number of likely N-dealkylation sites (tertiary alicyclic amines) is 1. The van der Waals surface area contributed by atoms with Gasteiger partial charge in [0.2, 0.25) is 0 Å². The molecular formula is C9H13N3O. The Balaban J connectivity index is 2.17. The lowest BCUT2D eigenvalue weighted by molar-refractivity contribution is 0.0787. The average molecular weight is 179 g/mol. The summed E-state index contributed by atoms with van der Waals surface area (Å²) in [4.78, 5) is 20.6. The van der Waals surface area contributed by atoms with Gasteiger partial charge in [-0.3, -0.25) is 4.79 Å². The second kappa shape index (κ2) is 3.20. The Morgan fingerprint density at radius 3 is 2.77 bits per heavy atom. The number of carbonyl (C=O) groups is 1. The van der Waals surface area contributed by atoms with Crippen molar-refractivity contribution in [2.24, 2.45) is 0 Å². The molecule has 0 radical (unpaired) electrons. The van der Waals surface area contributed by atoms with Crippen LogP contribution in [0.25, 0.3) is 0 Å². The summed E-state index contributed by atoms with van der Waals surface area (Å²) in [5.41, 5.74) is 1.43. The maximum atomic E-state index is 11.8. The van der Waals surface area contributed by atoms with Gasteiger partial charge in [-0.25, -0.2) is 4.98 Å². The van der Waals surface area contributed by atoms with Gasteiger partial charge in [0.25, 0.3) is 5.91 Å². The number of nitrogens with zero attached hydrogens (tertiary/aromatic N) is 2. The second-order valence-corrected chi connectivity index (χ2v) is 3.38. The fourth-order valence-electron chi connectivity index (χ4n) is 1.64. The molecule has 0 unspecified atom stereocenters. The predicted molar refractivity (Wildman–Crippen MR) is 48.5 cm³/mol. The van der Waals surface area contributed by atoms with Crippen LogP contribution in [0.2, 0.25) is 0 Å². The van der Waals surface area contributed by atoms with Gasteiger partial charge in [0.05, 0.1) is 6.33 Å². The topological polar surface area (TPSA) is 49.0 Å². The molecule has 0 bridgehead atoms. The molecule has 1 aromatic heterocycles. The summed E-state index contributed by atoms with van der Waals surface area (Å²) in [6.45, 7) is 3.63. The third kappa shape index (κ3) is 1.43. The fraction of sp³-hybridized carbons (Fsp3) is 0.556. The molecule has 4 nitrogen and oxygen atoms in total. The van der Waals surface area contributed by atoms with Crippen LogP contribution in [0.1, 0.15) is 29.0 Å². The number of aromatic amines is 1. The lowest BCUT2D eigenvalue weighted by Gasteiger charge is -2.13. The lowest BCUT2D eigenvalue weighted by atomic mass is 10.3. The molecular weight excluding hydrogens is 166 g/mol. The van der Waals surface area contributed by atoms with Gasteiger partial charge in [0.1, 0.15) is 5.69 Å². The minimum Gasteiger partial charge on any atom is -0.348 e. The highest BCUT2D eigenvalue weighted by molar-refractivity contribution is 5.93. The van der Waals surface area contributed by atoms with Crippen LogP contribution in [0.4, 0.5) is 0 Å². The van der Waals surface area contributed by atoms with Crippen molar-refractivity contribution < 1.29 is 4.79 Å². The molecule has 0 spiro atoms. The largest absolute Gasteiger partial charge is 0.348 e. The van der Waals surface area contributed by atoms with E-state index in [9.17, 15) is 4.79 Å². The number of amides is 1. The first-order valence-corrected chi connectivity index (χ1v) is 4.58. The summed E-state index contributed by atoms with van der Waals surface area (Å²) < 4.78 is 0. The Morgan fingerprint density at radius 1 is 1.54 bits per heavy atom. The number of H-pyrrole nitrogens is 1. The average Bonchev–Trinajstić information content (AvgIpc) is 2.72. The molecule has 0 aliphatic carbocycles. The minimum absolute atomic E-state index is 0.0660. The van der Waals surface area contributed by atoms with Crippen molar-refractivity contribution in [3.63, 3.8) is 0 Å². The zero-order chi connectivity index (χ0) is 9.26. The summed E-state index contributed by atoms with van der Waals surface area (Å²) in [5, 5.41) is 0. The van der Waals surface area contributed by atoms with E-state index in [1.165, 1.54) is 0 Å². The van der Waals surface area contributed by atoms with Gasteiger partial charge in [0.15, 0.2) is 0 Å². The Bertz CT molecular complexity index is 312. The van der Waals surface area contributed by atoms with Gasteiger partial charge in [-0.05, 0) is 19.8 Å². The first kappa shape index (κ1) is 8.29. The zero-order valence-corrected chi connectivity index (χ0v) is 7.71. The van der Waals surface area contributed by atoms with Crippen LogP contribution >= 0.6 is 0 Å². The van der Waals surface area contributed by atoms with E-state index in [0.29, 0.717) is 5.69 Å². The van der Waals surface area contributed by atoms with Gasteiger partial charge in [0, 0.05) is 18.8 Å². The van der Waals surface area contributed by atoms with E-state index >= 15 is 0 Å². The molecule has 0 atom stereocenters. The molecule has 1 amide bonds. The van der Waals surface area contributed by atoms with Gasteiger partial charge >= 0.3 is 0 Å². The SMILES string of the molecule is Cc1[nH]cnc1C(=O)N1CCCC1. The third-order valence-electron chi connectivity index (χ3n) is 2.43. The number of rotatable bonds is 1. The first-order chi connectivity index (χ1) is 6.29. The second-order valence-electron chi connectivity index (χ2n) is 3.38. The van der Waals surface area contributed by atoms with E-state index in [1.807, 2.05) is 11.8 Å². The van der Waals surface area contributed by atoms with Crippen LogP contribution < -0.4 is 0 Å². The molecule has 1 fully saturated rings. The van der Waals surface area contributed by atoms with Gasteiger partial charge in [-0.15, -0.1) is 0 Å². The standard InChI is InChI=1S/C9H13N3O/c1-7-8(11-6-10-7)9(13)12-4-2-3-5-12/h6H,2-5H2,1H3,(H,10,11). The molecule has 70 valence electrons. The summed E-state index contributed by atoms with van der Waals surface area (Å²) in [6, 6.07) is 0. The Hall–Kier alpha value is -1.32. The molecule has 2 heterocycles. The van der Waals surface area contributed by atoms with Crippen LogP contribution in [0.5, 0.6) is 0 Å². The van der Waals surface area contributed by atoms with Crippen LogP contribution in [0.15, 0.2) is 6.33 Å². The van der Waals surface area contributed by atoms with Gasteiger partial charge in [-0.1, -0.05) is 0 Å². The van der Waals surface area contributed by atoms with Crippen LogP contribution in [0, 0.1) is 6.92 Å². The number of aryl methyl sites for hydroxylation is 1. The number of imidazole rings is 1. The lowest BCUT2D eigenvalue weighted by Crippen LogP contribution is -2.28. The number of nitrogens with one attached hydrogen (secondary N) is 1. The summed E-state index contributed by atoms with van der Waals surface area (Å²) in [5.74, 6) is 0.0660. The van der Waals surface area contributed by atoms with Gasteiger partial charge < -0.3 is 9.88 Å². The summed E-state index contributed by atoms with van der Waals surface area (Å²) in [6.07, 6.45) is 3.81. The fourth-order valence-corrected chi connectivity index (χ4v) is 1.64. The third-order valence-corrected chi connectivity index (χ3v) is 2.43. The van der Waals surface area contributed by atoms with Crippen molar-refractivity contribution in [3.05, 3.63) is 17.7 Å². The molecule has 13 heavy (non-hydrogen) atoms. The van der Waals surface area contributed by atoms with E-state index in [0.717, 1.165) is 31.6 Å². The quantitative estimate of drug-likeness (QED) is 0.697.